The standard InChI is InChI=1S/C18H14ClF3N2O3/c1-27-14-8-4-12(5-9-14)16(25)24-10-17(26,18(20,21)22)15(23-24)11-2-6-13(19)7-3-11/h2-9,26H,10H2,1H3. The molecule has 0 bridgehead atoms. The van der Waals surface area contributed by atoms with Gasteiger partial charge in [-0.3, -0.25) is 4.79 Å². The molecule has 0 aliphatic carbocycles. The largest absolute Gasteiger partial charge is 0.497 e. The molecule has 9 heteroatoms. The summed E-state index contributed by atoms with van der Waals surface area (Å²) < 4.78 is 45.7. The molecule has 1 N–H and O–H groups in total. The fourth-order valence-corrected chi connectivity index (χ4v) is 2.78. The van der Waals surface area contributed by atoms with Crippen molar-refractivity contribution >= 4 is 23.2 Å². The van der Waals surface area contributed by atoms with Gasteiger partial charge in [0.2, 0.25) is 5.60 Å². The minimum absolute atomic E-state index is 0.0178. The van der Waals surface area contributed by atoms with Crippen molar-refractivity contribution in [3.63, 3.8) is 0 Å². The van der Waals surface area contributed by atoms with E-state index < -0.39 is 29.9 Å². The minimum Gasteiger partial charge on any atom is -0.497 e. The van der Waals surface area contributed by atoms with Gasteiger partial charge in [0.1, 0.15) is 11.5 Å². The van der Waals surface area contributed by atoms with Crippen molar-refractivity contribution in [2.45, 2.75) is 11.8 Å². The summed E-state index contributed by atoms with van der Waals surface area (Å²) in [4.78, 5) is 12.6. The van der Waals surface area contributed by atoms with Crippen molar-refractivity contribution < 1.29 is 27.8 Å². The van der Waals surface area contributed by atoms with Crippen LogP contribution in [0.5, 0.6) is 5.75 Å². The van der Waals surface area contributed by atoms with Crippen LogP contribution in [0.2, 0.25) is 5.02 Å². The third-order valence-electron chi connectivity index (χ3n) is 4.15. The Morgan fingerprint density at radius 2 is 1.78 bits per heavy atom. The summed E-state index contributed by atoms with van der Waals surface area (Å²) in [5.74, 6) is -0.283. The summed E-state index contributed by atoms with van der Waals surface area (Å²) >= 11 is 5.76. The third kappa shape index (κ3) is 3.50. The van der Waals surface area contributed by atoms with Crippen LogP contribution in [0.4, 0.5) is 13.2 Å². The van der Waals surface area contributed by atoms with Crippen molar-refractivity contribution in [2.75, 3.05) is 13.7 Å². The van der Waals surface area contributed by atoms with Gasteiger partial charge in [-0.05, 0) is 36.4 Å². The second-order valence-electron chi connectivity index (χ2n) is 5.90. The molecule has 1 atom stereocenters. The van der Waals surface area contributed by atoms with Gasteiger partial charge < -0.3 is 9.84 Å². The van der Waals surface area contributed by atoms with Gasteiger partial charge in [-0.25, -0.2) is 5.01 Å². The van der Waals surface area contributed by atoms with Crippen molar-refractivity contribution in [2.24, 2.45) is 5.10 Å². The van der Waals surface area contributed by atoms with Crippen LogP contribution < -0.4 is 4.74 Å². The van der Waals surface area contributed by atoms with Gasteiger partial charge in [0.15, 0.2) is 0 Å². The molecule has 27 heavy (non-hydrogen) atoms. The Bertz CT molecular complexity index is 882. The van der Waals surface area contributed by atoms with E-state index >= 15 is 0 Å². The van der Waals surface area contributed by atoms with Crippen LogP contribution in [0.25, 0.3) is 0 Å². The Morgan fingerprint density at radius 1 is 1.19 bits per heavy atom. The molecule has 1 heterocycles. The van der Waals surface area contributed by atoms with Gasteiger partial charge in [0.05, 0.1) is 13.7 Å². The number of hydrogen-bond donors (Lipinski definition) is 1. The Kier molecular flexibility index (Phi) is 4.88. The van der Waals surface area contributed by atoms with E-state index in [1.54, 1.807) is 0 Å². The van der Waals surface area contributed by atoms with Crippen LogP contribution in [0, 0.1) is 0 Å². The van der Waals surface area contributed by atoms with Crippen LogP contribution in [0.3, 0.4) is 0 Å². The topological polar surface area (TPSA) is 62.1 Å². The predicted octanol–water partition coefficient (Wildman–Crippen LogP) is 3.50. The lowest BCUT2D eigenvalue weighted by molar-refractivity contribution is -0.228. The average molecular weight is 399 g/mol. The Hall–Kier alpha value is -2.58. The second-order valence-corrected chi connectivity index (χ2v) is 6.34. The number of carbonyl (C=O) groups is 1. The number of halogens is 4. The number of alkyl halides is 3. The highest BCUT2D eigenvalue weighted by atomic mass is 35.5. The monoisotopic (exact) mass is 398 g/mol. The van der Waals surface area contributed by atoms with Crippen LogP contribution >= 0.6 is 11.6 Å². The van der Waals surface area contributed by atoms with E-state index in [1.807, 2.05) is 0 Å². The molecule has 0 spiro atoms. The molecular formula is C18H14ClF3N2O3. The maximum Gasteiger partial charge on any atom is 0.424 e. The highest BCUT2D eigenvalue weighted by molar-refractivity contribution is 6.30. The summed E-state index contributed by atoms with van der Waals surface area (Å²) in [6, 6.07) is 11.2. The average Bonchev–Trinajstić information content (AvgIpc) is 3.01. The van der Waals surface area contributed by atoms with Gasteiger partial charge in [0, 0.05) is 16.1 Å². The summed E-state index contributed by atoms with van der Waals surface area (Å²) in [6.45, 7) is -1.04. The third-order valence-corrected chi connectivity index (χ3v) is 4.40. The number of rotatable bonds is 3. The number of nitrogens with zero attached hydrogens (tertiary/aromatic N) is 2. The fourth-order valence-electron chi connectivity index (χ4n) is 2.66. The van der Waals surface area contributed by atoms with Gasteiger partial charge in [0.25, 0.3) is 5.91 Å². The zero-order chi connectivity index (χ0) is 19.8. The minimum atomic E-state index is -5.03. The highest BCUT2D eigenvalue weighted by Gasteiger charge is 2.62. The fraction of sp³-hybridized carbons (Fsp3) is 0.222. The summed E-state index contributed by atoms with van der Waals surface area (Å²) in [5.41, 5.74) is -3.82. The highest BCUT2D eigenvalue weighted by Crippen LogP contribution is 2.38. The van der Waals surface area contributed by atoms with E-state index in [2.05, 4.69) is 5.10 Å². The van der Waals surface area contributed by atoms with Crippen LogP contribution in [-0.4, -0.2) is 47.2 Å². The molecular weight excluding hydrogens is 385 g/mol. The molecule has 3 rings (SSSR count). The summed E-state index contributed by atoms with van der Waals surface area (Å²) in [7, 11) is 1.45. The number of amides is 1. The molecule has 0 aromatic heterocycles. The molecule has 1 unspecified atom stereocenters. The maximum absolute atomic E-state index is 13.6. The zero-order valence-corrected chi connectivity index (χ0v) is 14.8. The molecule has 2 aromatic carbocycles. The van der Waals surface area contributed by atoms with Crippen molar-refractivity contribution in [1.29, 1.82) is 0 Å². The number of β-amino-alcohol motifs (C(OH)–C–C–N with tert-alkyl or cyclic N) is 1. The Labute approximate surface area is 157 Å². The SMILES string of the molecule is COc1ccc(C(=O)N2CC(O)(C(F)(F)F)C(c3ccc(Cl)cc3)=N2)cc1. The van der Waals surface area contributed by atoms with Crippen molar-refractivity contribution in [1.82, 2.24) is 5.01 Å². The van der Waals surface area contributed by atoms with Gasteiger partial charge in [-0.2, -0.15) is 18.3 Å². The molecule has 0 saturated heterocycles. The molecule has 1 aliphatic rings. The normalized spacial score (nSPS) is 19.8. The molecule has 5 nitrogen and oxygen atoms in total. The number of benzene rings is 2. The lowest BCUT2D eigenvalue weighted by atomic mass is 9.92. The first kappa shape index (κ1) is 19.2. The van der Waals surface area contributed by atoms with E-state index in [0.29, 0.717) is 15.8 Å². The van der Waals surface area contributed by atoms with E-state index in [1.165, 1.54) is 55.6 Å². The maximum atomic E-state index is 13.6. The van der Waals surface area contributed by atoms with Crippen molar-refractivity contribution in [3.05, 3.63) is 64.7 Å². The van der Waals surface area contributed by atoms with E-state index in [4.69, 9.17) is 16.3 Å². The molecule has 1 amide bonds. The summed E-state index contributed by atoms with van der Waals surface area (Å²) in [5, 5.41) is 15.1. The molecule has 0 fully saturated rings. The molecule has 142 valence electrons. The van der Waals surface area contributed by atoms with Crippen LogP contribution in [0.1, 0.15) is 15.9 Å². The Balaban J connectivity index is 1.99. The lowest BCUT2D eigenvalue weighted by Crippen LogP contribution is -2.54. The van der Waals surface area contributed by atoms with Gasteiger partial charge >= 0.3 is 6.18 Å². The number of methoxy groups -OCH3 is 1. The van der Waals surface area contributed by atoms with Crippen LogP contribution in [-0.2, 0) is 0 Å². The predicted molar refractivity (Wildman–Crippen MR) is 93.0 cm³/mol. The smallest absolute Gasteiger partial charge is 0.424 e. The first-order valence-electron chi connectivity index (χ1n) is 7.76. The second kappa shape index (κ2) is 6.86. The lowest BCUT2D eigenvalue weighted by Gasteiger charge is -2.27. The first-order chi connectivity index (χ1) is 12.7. The zero-order valence-electron chi connectivity index (χ0n) is 14.0. The van der Waals surface area contributed by atoms with Crippen molar-refractivity contribution in [3.8, 4) is 5.75 Å². The number of hydrazone groups is 1. The molecule has 0 saturated carbocycles. The molecule has 2 aromatic rings. The van der Waals surface area contributed by atoms with Gasteiger partial charge in [-0.1, -0.05) is 23.7 Å². The van der Waals surface area contributed by atoms with E-state index in [-0.39, 0.29) is 11.1 Å². The molecule has 1 aliphatic heterocycles. The number of carbonyl (C=O) groups excluding carboxylic acids is 1. The molecule has 0 radical (unpaired) electrons. The number of hydrogen-bond acceptors (Lipinski definition) is 4. The Morgan fingerprint density at radius 3 is 2.30 bits per heavy atom. The van der Waals surface area contributed by atoms with Crippen LogP contribution in [0.15, 0.2) is 53.6 Å². The number of ether oxygens (including phenoxy) is 1. The van der Waals surface area contributed by atoms with Gasteiger partial charge in [-0.15, -0.1) is 0 Å². The first-order valence-corrected chi connectivity index (χ1v) is 8.13. The quantitative estimate of drug-likeness (QED) is 0.860. The number of aliphatic hydroxyl groups is 1. The van der Waals surface area contributed by atoms with E-state index in [9.17, 15) is 23.1 Å². The van der Waals surface area contributed by atoms with E-state index in [0.717, 1.165) is 0 Å². The summed E-state index contributed by atoms with van der Waals surface area (Å²) in [6.07, 6.45) is -5.03.